The molecule has 1 atom stereocenters. The smallest absolute Gasteiger partial charge is 0.247 e. The number of anilines is 3. The molecule has 0 amide bonds. The lowest BCUT2D eigenvalue weighted by Gasteiger charge is -2.45. The van der Waals surface area contributed by atoms with Gasteiger partial charge in [0.05, 0.1) is 5.69 Å². The van der Waals surface area contributed by atoms with Crippen LogP contribution in [-0.2, 0) is 19.3 Å². The summed E-state index contributed by atoms with van der Waals surface area (Å²) in [6, 6.07) is 98.3. The molecule has 11 aromatic rings. The fourth-order valence-corrected chi connectivity index (χ4v) is 14.5. The minimum absolute atomic E-state index is 0.000657. The molecule has 11 aromatic carbocycles. The van der Waals surface area contributed by atoms with Crippen LogP contribution < -0.4 is 21.3 Å². The molecule has 0 spiro atoms. The Balaban J connectivity index is 1.18. The van der Waals surface area contributed by atoms with Crippen molar-refractivity contribution in [2.24, 2.45) is 0 Å². The van der Waals surface area contributed by atoms with Crippen LogP contribution in [0.25, 0.3) is 66.8 Å². The minimum Gasteiger partial charge on any atom is -0.310 e. The van der Waals surface area contributed by atoms with Crippen molar-refractivity contribution in [3.8, 4) is 66.8 Å². The predicted molar refractivity (Wildman–Crippen MR) is 376 cm³/mol. The van der Waals surface area contributed by atoms with E-state index in [1.54, 1.807) is 0 Å². The Kier molecular flexibility index (Phi) is 17.7. The maximum absolute atomic E-state index is 2.78. The van der Waals surface area contributed by atoms with E-state index in [4.69, 9.17) is 0 Å². The number of unbranched alkanes of at least 4 members (excludes halogenated alkanes) is 9. The Hall–Kier alpha value is -8.72. The fourth-order valence-electron chi connectivity index (χ4n) is 14.5. The second kappa shape index (κ2) is 26.9. The summed E-state index contributed by atoms with van der Waals surface area (Å²) in [7, 11) is 0. The maximum atomic E-state index is 2.78. The summed E-state index contributed by atoms with van der Waals surface area (Å²) in [6.07, 6.45) is 17.8. The van der Waals surface area contributed by atoms with E-state index in [0.717, 1.165) is 25.7 Å². The van der Waals surface area contributed by atoms with Gasteiger partial charge in [0.2, 0.25) is 6.71 Å². The summed E-state index contributed by atoms with van der Waals surface area (Å²) in [6.45, 7) is 6.99. The Morgan fingerprint density at radius 1 is 0.299 bits per heavy atom. The quantitative estimate of drug-likeness (QED) is 0.0456. The summed E-state index contributed by atoms with van der Waals surface area (Å²) in [5.41, 5.74) is 31.4. The zero-order valence-corrected chi connectivity index (χ0v) is 51.5. The first-order chi connectivity index (χ1) is 43.1. The third kappa shape index (κ3) is 12.0. The van der Waals surface area contributed by atoms with Crippen LogP contribution in [0.3, 0.4) is 0 Å². The third-order valence-electron chi connectivity index (χ3n) is 18.8. The van der Waals surface area contributed by atoms with Gasteiger partial charge in [-0.3, -0.25) is 0 Å². The number of rotatable bonds is 23. The molecule has 0 bridgehead atoms. The zero-order chi connectivity index (χ0) is 58.9. The summed E-state index contributed by atoms with van der Waals surface area (Å²) in [5, 5.41) is 0. The SMILES string of the molecule is CCCCCCc1ccc2c(c1)B1c3cc(CCCCCC)ccc3N(c3c(-c4ccccc4)cc(-c4ccccc4)cc3-c3ccccc3)c3cc(CCCCCC)cc(c31)C2c1c(-c2ccccc2)cc(-c2ccccc2)cc1-c1ccccc1. The van der Waals surface area contributed by atoms with E-state index >= 15 is 0 Å². The van der Waals surface area contributed by atoms with Crippen LogP contribution in [0.15, 0.2) is 255 Å². The van der Waals surface area contributed by atoms with Gasteiger partial charge in [0.1, 0.15) is 0 Å². The molecule has 0 saturated carbocycles. The Morgan fingerprint density at radius 2 is 0.690 bits per heavy atom. The maximum Gasteiger partial charge on any atom is 0.247 e. The van der Waals surface area contributed by atoms with Crippen molar-refractivity contribution in [2.75, 3.05) is 4.90 Å². The molecule has 2 heterocycles. The largest absolute Gasteiger partial charge is 0.310 e. The van der Waals surface area contributed by atoms with Crippen molar-refractivity contribution in [1.29, 1.82) is 0 Å². The molecule has 0 aliphatic carbocycles. The van der Waals surface area contributed by atoms with Crippen molar-refractivity contribution in [3.63, 3.8) is 0 Å². The van der Waals surface area contributed by atoms with Gasteiger partial charge in [-0.1, -0.05) is 302 Å². The molecule has 0 radical (unpaired) electrons. The van der Waals surface area contributed by atoms with Gasteiger partial charge in [0.15, 0.2) is 0 Å². The summed E-state index contributed by atoms with van der Waals surface area (Å²) in [4.78, 5) is 2.78. The molecule has 1 nitrogen and oxygen atoms in total. The second-order valence-corrected chi connectivity index (χ2v) is 24.7. The lowest BCUT2D eigenvalue weighted by Crippen LogP contribution is -2.62. The van der Waals surface area contributed by atoms with E-state index in [-0.39, 0.29) is 12.6 Å². The Labute approximate surface area is 520 Å². The first-order valence-corrected chi connectivity index (χ1v) is 33.0. The lowest BCUT2D eigenvalue weighted by molar-refractivity contribution is 0.666. The van der Waals surface area contributed by atoms with E-state index in [2.05, 4.69) is 280 Å². The van der Waals surface area contributed by atoms with Crippen LogP contribution in [0.4, 0.5) is 17.1 Å². The van der Waals surface area contributed by atoms with Crippen LogP contribution in [-0.4, -0.2) is 6.71 Å². The van der Waals surface area contributed by atoms with E-state index in [0.29, 0.717) is 0 Å². The number of hydrogen-bond acceptors (Lipinski definition) is 1. The highest BCUT2D eigenvalue weighted by molar-refractivity contribution is 6.99. The number of hydrogen-bond donors (Lipinski definition) is 0. The molecule has 430 valence electrons. The van der Waals surface area contributed by atoms with Crippen LogP contribution in [0.2, 0.25) is 0 Å². The molecule has 87 heavy (non-hydrogen) atoms. The van der Waals surface area contributed by atoms with Crippen molar-refractivity contribution in [1.82, 2.24) is 0 Å². The molecule has 0 saturated heterocycles. The monoisotopic (exact) mass is 1130 g/mol. The molecule has 0 N–H and O–H groups in total. The standard InChI is InChI=1S/C85H82BN/c1-4-7-10-19-34-61-49-51-72-78(54-61)86-79-55-62(35-20-11-8-5-2)50-52-80(79)87(85-75(68-45-30-17-31-46-68)59-71(65-39-24-14-25-40-65)60-76(85)69-47-32-18-33-48-69)81-56-63(36-21-12-9-6-3)53-77(84(81)86)82(72)83-73(66-41-26-15-27-42-66)57-70(64-37-22-13-23-38-64)58-74(83)67-43-28-16-29-44-67/h13-18,22-33,37-60,82H,4-12,19-21,34-36H2,1-3H3. The number of aryl methyl sites for hydroxylation is 3. The van der Waals surface area contributed by atoms with Crippen LogP contribution >= 0.6 is 0 Å². The highest BCUT2D eigenvalue weighted by Gasteiger charge is 2.46. The zero-order valence-electron chi connectivity index (χ0n) is 51.5. The number of benzene rings is 11. The number of nitrogens with zero attached hydrogens (tertiary/aromatic N) is 1. The average Bonchev–Trinajstić information content (AvgIpc) is 0.934. The van der Waals surface area contributed by atoms with Gasteiger partial charge in [0, 0.05) is 28.4 Å². The summed E-state index contributed by atoms with van der Waals surface area (Å²) >= 11 is 0. The summed E-state index contributed by atoms with van der Waals surface area (Å²) < 4.78 is 0. The first-order valence-electron chi connectivity index (χ1n) is 33.0. The lowest BCUT2D eigenvalue weighted by atomic mass is 9.30. The van der Waals surface area contributed by atoms with Crippen molar-refractivity contribution < 1.29 is 0 Å². The molecule has 13 rings (SSSR count). The van der Waals surface area contributed by atoms with Gasteiger partial charge in [-0.25, -0.2) is 0 Å². The van der Waals surface area contributed by atoms with Crippen LogP contribution in [0, 0.1) is 0 Å². The average molecular weight is 1130 g/mol. The summed E-state index contributed by atoms with van der Waals surface area (Å²) in [5.74, 6) is -0.103. The highest BCUT2D eigenvalue weighted by atomic mass is 15.2. The van der Waals surface area contributed by atoms with Gasteiger partial charge in [0.25, 0.3) is 0 Å². The molecule has 2 aliphatic heterocycles. The van der Waals surface area contributed by atoms with Crippen molar-refractivity contribution in [3.05, 3.63) is 288 Å². The second-order valence-electron chi connectivity index (χ2n) is 24.7. The Bertz CT molecular complexity index is 3720. The van der Waals surface area contributed by atoms with E-state index in [1.165, 1.54) is 204 Å². The van der Waals surface area contributed by atoms with Gasteiger partial charge >= 0.3 is 0 Å². The topological polar surface area (TPSA) is 3.24 Å². The molecule has 2 heteroatoms. The van der Waals surface area contributed by atoms with E-state index in [1.807, 2.05) is 0 Å². The molecule has 1 unspecified atom stereocenters. The fraction of sp³-hybridized carbons (Fsp3) is 0.224. The van der Waals surface area contributed by atoms with Crippen molar-refractivity contribution >= 4 is 40.2 Å². The van der Waals surface area contributed by atoms with Crippen molar-refractivity contribution in [2.45, 2.75) is 123 Å². The van der Waals surface area contributed by atoms with E-state index in [9.17, 15) is 0 Å². The minimum atomic E-state index is -0.103. The van der Waals surface area contributed by atoms with E-state index < -0.39 is 0 Å². The molecule has 0 aromatic heterocycles. The normalized spacial score (nSPS) is 13.1. The Morgan fingerprint density at radius 3 is 1.14 bits per heavy atom. The molecule has 0 fully saturated rings. The number of fused-ring (bicyclic) bond motifs is 4. The van der Waals surface area contributed by atoms with Gasteiger partial charge in [-0.05, 0) is 175 Å². The van der Waals surface area contributed by atoms with Gasteiger partial charge in [-0.15, -0.1) is 0 Å². The third-order valence-corrected chi connectivity index (χ3v) is 18.8. The van der Waals surface area contributed by atoms with Crippen LogP contribution in [0.5, 0.6) is 0 Å². The molecular weight excluding hydrogens is 1050 g/mol. The molecule has 2 aliphatic rings. The molecular formula is C85H82BN. The van der Waals surface area contributed by atoms with Gasteiger partial charge in [-0.2, -0.15) is 0 Å². The first kappa shape index (κ1) is 57.4. The predicted octanol–water partition coefficient (Wildman–Crippen LogP) is 21.9. The highest BCUT2D eigenvalue weighted by Crippen LogP contribution is 2.53. The van der Waals surface area contributed by atoms with Gasteiger partial charge < -0.3 is 4.90 Å². The van der Waals surface area contributed by atoms with Crippen LogP contribution in [0.1, 0.15) is 137 Å².